The lowest BCUT2D eigenvalue weighted by molar-refractivity contribution is -0.130. The molecule has 2 aromatic carbocycles. The molecule has 1 aliphatic heterocycles. The SMILES string of the molecule is COc1ccccc1CCN1C(=O)NC(CC(=O)NCCn2ccc3ccccc32)C1=O. The predicted molar refractivity (Wildman–Crippen MR) is 120 cm³/mol. The van der Waals surface area contributed by atoms with Gasteiger partial charge in [-0.15, -0.1) is 0 Å². The molecule has 8 nitrogen and oxygen atoms in total. The van der Waals surface area contributed by atoms with E-state index in [9.17, 15) is 14.4 Å². The number of nitrogens with zero attached hydrogens (tertiary/aromatic N) is 2. The highest BCUT2D eigenvalue weighted by Gasteiger charge is 2.38. The van der Waals surface area contributed by atoms with Crippen molar-refractivity contribution in [1.82, 2.24) is 20.1 Å². The van der Waals surface area contributed by atoms with Crippen molar-refractivity contribution in [2.75, 3.05) is 20.2 Å². The minimum Gasteiger partial charge on any atom is -0.496 e. The molecule has 0 spiro atoms. The third-order valence-electron chi connectivity index (χ3n) is 5.65. The van der Waals surface area contributed by atoms with E-state index >= 15 is 0 Å². The van der Waals surface area contributed by atoms with E-state index in [0.29, 0.717) is 25.3 Å². The molecule has 8 heteroatoms. The highest BCUT2D eigenvalue weighted by molar-refractivity contribution is 6.05. The first-order valence-electron chi connectivity index (χ1n) is 10.6. The van der Waals surface area contributed by atoms with E-state index in [1.165, 1.54) is 0 Å². The van der Waals surface area contributed by atoms with E-state index in [1.807, 2.05) is 60.8 Å². The van der Waals surface area contributed by atoms with Crippen molar-refractivity contribution < 1.29 is 19.1 Å². The summed E-state index contributed by atoms with van der Waals surface area (Å²) in [6.07, 6.45) is 2.38. The molecule has 2 heterocycles. The fourth-order valence-electron chi connectivity index (χ4n) is 3.98. The van der Waals surface area contributed by atoms with Crippen LogP contribution in [0.4, 0.5) is 4.79 Å². The van der Waals surface area contributed by atoms with Crippen molar-refractivity contribution in [3.8, 4) is 5.75 Å². The highest BCUT2D eigenvalue weighted by atomic mass is 16.5. The Morgan fingerprint density at radius 2 is 1.84 bits per heavy atom. The lowest BCUT2D eigenvalue weighted by Gasteiger charge is -2.14. The van der Waals surface area contributed by atoms with Crippen LogP contribution in [0.3, 0.4) is 0 Å². The maximum absolute atomic E-state index is 12.7. The monoisotopic (exact) mass is 434 g/mol. The number of rotatable bonds is 9. The number of para-hydroxylation sites is 2. The topological polar surface area (TPSA) is 92.7 Å². The summed E-state index contributed by atoms with van der Waals surface area (Å²) in [6.45, 7) is 1.28. The third-order valence-corrected chi connectivity index (χ3v) is 5.65. The summed E-state index contributed by atoms with van der Waals surface area (Å²) in [5.74, 6) is 0.0640. The van der Waals surface area contributed by atoms with Gasteiger partial charge in [-0.3, -0.25) is 14.5 Å². The lowest BCUT2D eigenvalue weighted by Crippen LogP contribution is -2.37. The quantitative estimate of drug-likeness (QED) is 0.506. The molecule has 0 aliphatic carbocycles. The number of imide groups is 1. The molecule has 1 aliphatic rings. The van der Waals surface area contributed by atoms with Crippen molar-refractivity contribution in [1.29, 1.82) is 0 Å². The van der Waals surface area contributed by atoms with Crippen LogP contribution < -0.4 is 15.4 Å². The van der Waals surface area contributed by atoms with Crippen molar-refractivity contribution in [2.24, 2.45) is 0 Å². The van der Waals surface area contributed by atoms with E-state index in [2.05, 4.69) is 15.2 Å². The molecule has 166 valence electrons. The summed E-state index contributed by atoms with van der Waals surface area (Å²) in [5.41, 5.74) is 2.01. The number of amides is 4. The van der Waals surface area contributed by atoms with Gasteiger partial charge in [0.1, 0.15) is 11.8 Å². The molecule has 4 amide bonds. The number of methoxy groups -OCH3 is 1. The third kappa shape index (κ3) is 4.59. The number of benzene rings is 2. The maximum Gasteiger partial charge on any atom is 0.324 e. The van der Waals surface area contributed by atoms with Crippen LogP contribution in [0.15, 0.2) is 60.8 Å². The number of aromatic nitrogens is 1. The molecule has 0 radical (unpaired) electrons. The van der Waals surface area contributed by atoms with Gasteiger partial charge in [0.15, 0.2) is 0 Å². The summed E-state index contributed by atoms with van der Waals surface area (Å²) in [7, 11) is 1.58. The van der Waals surface area contributed by atoms with Gasteiger partial charge < -0.3 is 19.9 Å². The first kappa shape index (κ1) is 21.4. The number of hydrogen-bond donors (Lipinski definition) is 2. The second kappa shape index (κ2) is 9.55. The second-order valence-electron chi connectivity index (χ2n) is 7.68. The minimum atomic E-state index is -0.840. The van der Waals surface area contributed by atoms with Gasteiger partial charge in [0, 0.05) is 31.3 Å². The van der Waals surface area contributed by atoms with Crippen LogP contribution >= 0.6 is 0 Å². The summed E-state index contributed by atoms with van der Waals surface area (Å²) in [5, 5.41) is 6.60. The molecule has 1 saturated heterocycles. The zero-order chi connectivity index (χ0) is 22.5. The standard InChI is InChI=1S/C24H26N4O4/c1-32-21-9-5-3-7-18(21)11-14-28-23(30)19(26-24(28)31)16-22(29)25-12-15-27-13-10-17-6-2-4-8-20(17)27/h2-10,13,19H,11-12,14-16H2,1H3,(H,25,29)(H,26,31). The van der Waals surface area contributed by atoms with Crippen LogP contribution in [-0.4, -0.2) is 53.6 Å². The minimum absolute atomic E-state index is 0.0812. The summed E-state index contributed by atoms with van der Waals surface area (Å²) >= 11 is 0. The van der Waals surface area contributed by atoms with Gasteiger partial charge in [-0.05, 0) is 35.6 Å². The number of fused-ring (bicyclic) bond motifs is 1. The van der Waals surface area contributed by atoms with E-state index in [0.717, 1.165) is 21.4 Å². The molecular formula is C24H26N4O4. The molecule has 1 atom stereocenters. The normalized spacial score (nSPS) is 15.8. The molecule has 0 bridgehead atoms. The average Bonchev–Trinajstić information content (AvgIpc) is 3.33. The van der Waals surface area contributed by atoms with Crippen LogP contribution in [0, 0.1) is 0 Å². The Morgan fingerprint density at radius 1 is 1.06 bits per heavy atom. The second-order valence-corrected chi connectivity index (χ2v) is 7.68. The predicted octanol–water partition coefficient (Wildman–Crippen LogP) is 2.32. The largest absolute Gasteiger partial charge is 0.496 e. The van der Waals surface area contributed by atoms with Crippen LogP contribution in [0.25, 0.3) is 10.9 Å². The first-order valence-corrected chi connectivity index (χ1v) is 10.6. The molecule has 4 rings (SSSR count). The molecule has 2 N–H and O–H groups in total. The average molecular weight is 434 g/mol. The van der Waals surface area contributed by atoms with Crippen LogP contribution in [-0.2, 0) is 22.6 Å². The molecule has 1 aromatic heterocycles. The first-order chi connectivity index (χ1) is 15.6. The van der Waals surface area contributed by atoms with Gasteiger partial charge in [-0.2, -0.15) is 0 Å². The molecule has 3 aromatic rings. The number of nitrogens with one attached hydrogen (secondary N) is 2. The van der Waals surface area contributed by atoms with E-state index in [-0.39, 0.29) is 24.8 Å². The highest BCUT2D eigenvalue weighted by Crippen LogP contribution is 2.19. The Kier molecular flexibility index (Phi) is 6.39. The summed E-state index contributed by atoms with van der Waals surface area (Å²) in [4.78, 5) is 38.5. The molecule has 1 fully saturated rings. The summed E-state index contributed by atoms with van der Waals surface area (Å²) < 4.78 is 7.38. The summed E-state index contributed by atoms with van der Waals surface area (Å²) in [6, 6.07) is 16.2. The van der Waals surface area contributed by atoms with Gasteiger partial charge in [0.05, 0.1) is 13.5 Å². The van der Waals surface area contributed by atoms with Gasteiger partial charge in [-0.25, -0.2) is 4.79 Å². The van der Waals surface area contributed by atoms with E-state index < -0.39 is 12.1 Å². The Bertz CT molecular complexity index is 1140. The van der Waals surface area contributed by atoms with Gasteiger partial charge in [0.25, 0.3) is 5.91 Å². The Hall–Kier alpha value is -3.81. The van der Waals surface area contributed by atoms with E-state index in [4.69, 9.17) is 4.74 Å². The number of hydrogen-bond acceptors (Lipinski definition) is 4. The lowest BCUT2D eigenvalue weighted by atomic mass is 10.1. The number of urea groups is 1. The van der Waals surface area contributed by atoms with Gasteiger partial charge >= 0.3 is 6.03 Å². The Labute approximate surface area is 186 Å². The zero-order valence-corrected chi connectivity index (χ0v) is 17.9. The van der Waals surface area contributed by atoms with Gasteiger partial charge in [0.2, 0.25) is 5.91 Å². The Morgan fingerprint density at radius 3 is 2.69 bits per heavy atom. The number of carbonyl (C=O) groups is 3. The van der Waals surface area contributed by atoms with Crippen molar-refractivity contribution in [3.05, 3.63) is 66.4 Å². The van der Waals surface area contributed by atoms with Gasteiger partial charge in [-0.1, -0.05) is 36.4 Å². The van der Waals surface area contributed by atoms with Crippen molar-refractivity contribution >= 4 is 28.7 Å². The van der Waals surface area contributed by atoms with E-state index in [1.54, 1.807) is 7.11 Å². The molecule has 0 saturated carbocycles. The van der Waals surface area contributed by atoms with Crippen LogP contribution in [0.2, 0.25) is 0 Å². The maximum atomic E-state index is 12.7. The van der Waals surface area contributed by atoms with Crippen molar-refractivity contribution in [3.63, 3.8) is 0 Å². The number of carbonyl (C=O) groups excluding carboxylic acids is 3. The van der Waals surface area contributed by atoms with Crippen LogP contribution in [0.5, 0.6) is 5.75 Å². The molecule has 1 unspecified atom stereocenters. The molecular weight excluding hydrogens is 408 g/mol. The fraction of sp³-hybridized carbons (Fsp3) is 0.292. The Balaban J connectivity index is 1.26. The van der Waals surface area contributed by atoms with Crippen molar-refractivity contribution in [2.45, 2.75) is 25.4 Å². The molecule has 32 heavy (non-hydrogen) atoms. The zero-order valence-electron chi connectivity index (χ0n) is 17.9. The number of ether oxygens (including phenoxy) is 1. The fourth-order valence-corrected chi connectivity index (χ4v) is 3.98. The smallest absolute Gasteiger partial charge is 0.324 e. The van der Waals surface area contributed by atoms with Crippen LogP contribution in [0.1, 0.15) is 12.0 Å².